The SMILES string of the molecule is COc1cc(C2=C(C(F)(F)F)C3=C(CC2F)NC(C)(C)c2nnc(C)n23)c2ccn(S(C)(=O)=O)c2c1. The molecule has 36 heavy (non-hydrogen) atoms. The van der Waals surface area contributed by atoms with Gasteiger partial charge in [-0.3, -0.25) is 4.57 Å². The zero-order chi connectivity index (χ0) is 26.4. The zero-order valence-electron chi connectivity index (χ0n) is 20.0. The Bertz CT molecular complexity index is 1600. The molecule has 2 aliphatic rings. The van der Waals surface area contributed by atoms with E-state index in [9.17, 15) is 21.6 Å². The predicted molar refractivity (Wildman–Crippen MR) is 125 cm³/mol. The van der Waals surface area contributed by atoms with Gasteiger partial charge in [-0.1, -0.05) is 0 Å². The molecule has 0 saturated heterocycles. The van der Waals surface area contributed by atoms with Gasteiger partial charge in [-0.05, 0) is 38.5 Å². The largest absolute Gasteiger partial charge is 0.497 e. The van der Waals surface area contributed by atoms with Gasteiger partial charge in [-0.25, -0.2) is 16.8 Å². The van der Waals surface area contributed by atoms with E-state index in [1.165, 1.54) is 43.0 Å². The molecule has 1 aromatic carbocycles. The van der Waals surface area contributed by atoms with Crippen LogP contribution >= 0.6 is 0 Å². The van der Waals surface area contributed by atoms with Gasteiger partial charge in [0.15, 0.2) is 5.82 Å². The van der Waals surface area contributed by atoms with Crippen LogP contribution in [0.3, 0.4) is 0 Å². The fourth-order valence-electron chi connectivity index (χ4n) is 5.05. The van der Waals surface area contributed by atoms with E-state index in [4.69, 9.17) is 4.74 Å². The first-order valence-electron chi connectivity index (χ1n) is 10.9. The van der Waals surface area contributed by atoms with E-state index >= 15 is 4.39 Å². The van der Waals surface area contributed by atoms with Gasteiger partial charge < -0.3 is 10.1 Å². The number of rotatable bonds is 3. The summed E-state index contributed by atoms with van der Waals surface area (Å²) in [6, 6.07) is 4.05. The zero-order valence-corrected chi connectivity index (χ0v) is 20.8. The summed E-state index contributed by atoms with van der Waals surface area (Å²) >= 11 is 0. The van der Waals surface area contributed by atoms with Crippen LogP contribution < -0.4 is 10.1 Å². The Morgan fingerprint density at radius 1 is 1.22 bits per heavy atom. The van der Waals surface area contributed by atoms with Crippen molar-refractivity contribution in [3.05, 3.63) is 52.9 Å². The molecule has 2 aromatic heterocycles. The maximum atomic E-state index is 15.9. The van der Waals surface area contributed by atoms with Crippen LogP contribution in [0.15, 0.2) is 35.7 Å². The first-order chi connectivity index (χ1) is 16.6. The van der Waals surface area contributed by atoms with E-state index < -0.39 is 39.1 Å². The van der Waals surface area contributed by atoms with E-state index in [0.29, 0.717) is 0 Å². The van der Waals surface area contributed by atoms with Crippen LogP contribution in [0.5, 0.6) is 5.75 Å². The number of halogens is 4. The lowest BCUT2D eigenvalue weighted by Crippen LogP contribution is -2.46. The summed E-state index contributed by atoms with van der Waals surface area (Å²) < 4.78 is 92.6. The monoisotopic (exact) mass is 525 g/mol. The summed E-state index contributed by atoms with van der Waals surface area (Å²) in [7, 11) is -2.50. The Morgan fingerprint density at radius 3 is 2.53 bits per heavy atom. The minimum atomic E-state index is -4.97. The van der Waals surface area contributed by atoms with Crippen LogP contribution in [0.2, 0.25) is 0 Å². The van der Waals surface area contributed by atoms with Gasteiger partial charge in [0.1, 0.15) is 17.7 Å². The molecule has 0 bridgehead atoms. The van der Waals surface area contributed by atoms with Gasteiger partial charge in [0.05, 0.1) is 35.7 Å². The molecule has 0 fully saturated rings. The average molecular weight is 526 g/mol. The number of methoxy groups -OCH3 is 1. The fourth-order valence-corrected chi connectivity index (χ4v) is 5.84. The van der Waals surface area contributed by atoms with Gasteiger partial charge in [-0.2, -0.15) is 13.2 Å². The fraction of sp³-hybridized carbons (Fsp3) is 0.391. The number of fused-ring (bicyclic) bond motifs is 3. The lowest BCUT2D eigenvalue weighted by molar-refractivity contribution is -0.0878. The van der Waals surface area contributed by atoms with Crippen LogP contribution in [0.4, 0.5) is 17.6 Å². The van der Waals surface area contributed by atoms with Crippen molar-refractivity contribution in [2.24, 2.45) is 0 Å². The smallest absolute Gasteiger partial charge is 0.418 e. The van der Waals surface area contributed by atoms with E-state index in [2.05, 4.69) is 15.5 Å². The molecule has 1 N–H and O–H groups in total. The Morgan fingerprint density at radius 2 is 1.92 bits per heavy atom. The minimum Gasteiger partial charge on any atom is -0.497 e. The second kappa shape index (κ2) is 7.58. The highest BCUT2D eigenvalue weighted by Gasteiger charge is 2.50. The van der Waals surface area contributed by atoms with Gasteiger partial charge in [-0.15, -0.1) is 10.2 Å². The molecule has 13 heteroatoms. The number of hydrogen-bond acceptors (Lipinski definition) is 6. The third-order valence-electron chi connectivity index (χ3n) is 6.47. The van der Waals surface area contributed by atoms with Crippen molar-refractivity contribution in [2.75, 3.05) is 13.4 Å². The standard InChI is InChI=1S/C23H23F4N5O3S/c1-11-29-30-21-22(2,3)28-16-10-15(24)18(19(23(25,26)27)20(16)32(11)21)14-8-12(35-4)9-17-13(14)6-7-31(17)36(5,33)34/h6-9,15,28H,10H2,1-5H3. The van der Waals surface area contributed by atoms with Crippen LogP contribution in [0.1, 0.15) is 37.5 Å². The number of aryl methyl sites for hydroxylation is 1. The number of aromatic nitrogens is 4. The van der Waals surface area contributed by atoms with Crippen molar-refractivity contribution in [3.63, 3.8) is 0 Å². The summed E-state index contributed by atoms with van der Waals surface area (Å²) in [5.41, 5.74) is -2.85. The maximum absolute atomic E-state index is 15.9. The molecule has 0 spiro atoms. The van der Waals surface area contributed by atoms with E-state index in [1.54, 1.807) is 13.8 Å². The number of benzene rings is 1. The summed E-state index contributed by atoms with van der Waals surface area (Å²) in [5.74, 6) is 0.576. The van der Waals surface area contributed by atoms with Crippen molar-refractivity contribution in [2.45, 2.75) is 45.1 Å². The number of nitrogens with zero attached hydrogens (tertiary/aromatic N) is 4. The van der Waals surface area contributed by atoms with E-state index in [0.717, 1.165) is 10.2 Å². The Hall–Kier alpha value is -3.35. The van der Waals surface area contributed by atoms with Gasteiger partial charge in [0, 0.05) is 35.3 Å². The number of hydrogen-bond donors (Lipinski definition) is 1. The summed E-state index contributed by atoms with van der Waals surface area (Å²) in [4.78, 5) is 0. The maximum Gasteiger partial charge on any atom is 0.418 e. The highest BCUT2D eigenvalue weighted by molar-refractivity contribution is 7.89. The highest BCUT2D eigenvalue weighted by Crippen LogP contribution is 2.51. The average Bonchev–Trinajstić information content (AvgIpc) is 3.35. The van der Waals surface area contributed by atoms with Crippen molar-refractivity contribution in [3.8, 4) is 5.75 Å². The molecule has 3 heterocycles. The van der Waals surface area contributed by atoms with E-state index in [1.807, 2.05) is 0 Å². The van der Waals surface area contributed by atoms with Crippen LogP contribution in [-0.4, -0.2) is 52.9 Å². The molecule has 192 valence electrons. The summed E-state index contributed by atoms with van der Waals surface area (Å²) in [6.45, 7) is 5.00. The Balaban J connectivity index is 1.92. The van der Waals surface area contributed by atoms with Crippen molar-refractivity contribution >= 4 is 32.2 Å². The molecule has 5 rings (SSSR count). The lowest BCUT2D eigenvalue weighted by atomic mass is 9.82. The van der Waals surface area contributed by atoms with Crippen LogP contribution in [0, 0.1) is 6.92 Å². The molecule has 0 amide bonds. The second-order valence-corrected chi connectivity index (χ2v) is 11.3. The van der Waals surface area contributed by atoms with Crippen LogP contribution in [-0.2, 0) is 15.6 Å². The van der Waals surface area contributed by atoms with Crippen LogP contribution in [0.25, 0.3) is 22.2 Å². The number of nitrogens with one attached hydrogen (secondary N) is 1. The number of alkyl halides is 4. The predicted octanol–water partition coefficient (Wildman–Crippen LogP) is 4.12. The Labute approximate surface area is 204 Å². The normalized spacial score (nSPS) is 19.9. The van der Waals surface area contributed by atoms with Crippen molar-refractivity contribution in [1.82, 2.24) is 24.1 Å². The number of ether oxygens (including phenoxy) is 1. The molecule has 3 aromatic rings. The molecule has 1 unspecified atom stereocenters. The molecule has 1 atom stereocenters. The van der Waals surface area contributed by atoms with Crippen molar-refractivity contribution in [1.29, 1.82) is 0 Å². The van der Waals surface area contributed by atoms with Gasteiger partial charge in [0.25, 0.3) is 0 Å². The molecule has 1 aliphatic carbocycles. The minimum absolute atomic E-state index is 0.0805. The Kier molecular flexibility index (Phi) is 5.12. The third-order valence-corrected chi connectivity index (χ3v) is 7.50. The second-order valence-electron chi connectivity index (χ2n) is 9.42. The number of allylic oxidation sites excluding steroid dienone is 4. The first kappa shape index (κ1) is 24.3. The van der Waals surface area contributed by atoms with Crippen molar-refractivity contribution < 1.29 is 30.7 Å². The van der Waals surface area contributed by atoms with Gasteiger partial charge in [0.2, 0.25) is 10.0 Å². The molecule has 0 saturated carbocycles. The molecule has 8 nitrogen and oxygen atoms in total. The van der Waals surface area contributed by atoms with E-state index in [-0.39, 0.29) is 51.7 Å². The molecule has 1 aliphatic heterocycles. The lowest BCUT2D eigenvalue weighted by Gasteiger charge is -2.40. The molecule has 0 radical (unpaired) electrons. The topological polar surface area (TPSA) is 91.0 Å². The summed E-state index contributed by atoms with van der Waals surface area (Å²) in [6.07, 6.45) is -5.17. The summed E-state index contributed by atoms with van der Waals surface area (Å²) in [5, 5.41) is 11.2. The first-order valence-corrected chi connectivity index (χ1v) is 12.8. The quantitative estimate of drug-likeness (QED) is 0.518. The van der Waals surface area contributed by atoms with Gasteiger partial charge >= 0.3 is 6.18 Å². The molecular formula is C23H23F4N5O3S. The highest BCUT2D eigenvalue weighted by atomic mass is 32.2. The third kappa shape index (κ3) is 3.51. The molecular weight excluding hydrogens is 502 g/mol.